The van der Waals surface area contributed by atoms with Gasteiger partial charge in [0.25, 0.3) is 5.91 Å². The van der Waals surface area contributed by atoms with Crippen molar-refractivity contribution in [3.05, 3.63) is 29.8 Å². The van der Waals surface area contributed by atoms with Crippen molar-refractivity contribution >= 4 is 11.6 Å². The molecule has 0 bridgehead atoms. The molecule has 0 aromatic heterocycles. The molecule has 1 saturated carbocycles. The van der Waals surface area contributed by atoms with Crippen LogP contribution in [0.3, 0.4) is 0 Å². The average Bonchev–Trinajstić information content (AvgIpc) is 2.36. The molecule has 1 aliphatic carbocycles. The number of anilines is 1. The third kappa shape index (κ3) is 3.56. The van der Waals surface area contributed by atoms with Gasteiger partial charge in [-0.2, -0.15) is 0 Å². The molecular weight excluding hydrogens is 262 g/mol. The summed E-state index contributed by atoms with van der Waals surface area (Å²) >= 11 is 0. The van der Waals surface area contributed by atoms with Gasteiger partial charge in [-0.3, -0.25) is 4.79 Å². The van der Waals surface area contributed by atoms with Crippen molar-refractivity contribution in [3.63, 3.8) is 0 Å². The van der Waals surface area contributed by atoms with E-state index in [-0.39, 0.29) is 11.4 Å². The lowest BCUT2D eigenvalue weighted by Gasteiger charge is -2.47. The molecule has 1 aromatic rings. The maximum absolute atomic E-state index is 12.5. The lowest BCUT2D eigenvalue weighted by atomic mass is 9.75. The first-order chi connectivity index (χ1) is 9.94. The Morgan fingerprint density at radius 2 is 1.95 bits per heavy atom. The molecule has 1 amide bonds. The Labute approximate surface area is 127 Å². The van der Waals surface area contributed by atoms with E-state index in [1.807, 2.05) is 24.3 Å². The summed E-state index contributed by atoms with van der Waals surface area (Å²) in [7, 11) is 4.19. The van der Waals surface area contributed by atoms with Crippen molar-refractivity contribution in [1.82, 2.24) is 10.2 Å². The van der Waals surface area contributed by atoms with Crippen LogP contribution in [0.4, 0.5) is 5.69 Å². The first-order valence-corrected chi connectivity index (χ1v) is 7.76. The number of carbonyl (C=O) groups is 1. The summed E-state index contributed by atoms with van der Waals surface area (Å²) in [4.78, 5) is 14.7. The number of hydrogen-bond donors (Lipinski definition) is 2. The van der Waals surface area contributed by atoms with E-state index in [0.717, 1.165) is 30.6 Å². The highest BCUT2D eigenvalue weighted by atomic mass is 16.1. The van der Waals surface area contributed by atoms with Gasteiger partial charge in [0.05, 0.1) is 5.56 Å². The number of hydrogen-bond acceptors (Lipinski definition) is 3. The quantitative estimate of drug-likeness (QED) is 0.846. The van der Waals surface area contributed by atoms with Crippen LogP contribution in [0, 0.1) is 0 Å². The fourth-order valence-electron chi connectivity index (χ4n) is 2.83. The SMILES string of the molecule is CC(C)Nc1ccccc1C(=O)NCC1(N(C)C)CCC1. The number of nitrogens with one attached hydrogen (secondary N) is 2. The summed E-state index contributed by atoms with van der Waals surface area (Å²) in [6, 6.07) is 8.00. The zero-order valence-electron chi connectivity index (χ0n) is 13.6. The fraction of sp³-hybridized carbons (Fsp3) is 0.588. The monoisotopic (exact) mass is 289 g/mol. The van der Waals surface area contributed by atoms with E-state index in [9.17, 15) is 4.79 Å². The molecule has 116 valence electrons. The molecule has 0 atom stereocenters. The van der Waals surface area contributed by atoms with Crippen LogP contribution in [-0.2, 0) is 0 Å². The van der Waals surface area contributed by atoms with Crippen LogP contribution in [0.15, 0.2) is 24.3 Å². The maximum Gasteiger partial charge on any atom is 0.253 e. The summed E-state index contributed by atoms with van der Waals surface area (Å²) in [5.41, 5.74) is 1.77. The smallest absolute Gasteiger partial charge is 0.253 e. The van der Waals surface area contributed by atoms with Crippen molar-refractivity contribution in [2.75, 3.05) is 26.0 Å². The molecule has 1 aliphatic rings. The maximum atomic E-state index is 12.5. The number of nitrogens with zero attached hydrogens (tertiary/aromatic N) is 1. The Morgan fingerprint density at radius 3 is 2.48 bits per heavy atom. The molecular formula is C17H27N3O. The van der Waals surface area contributed by atoms with E-state index in [1.54, 1.807) is 0 Å². The Kier molecular flexibility index (Phi) is 4.88. The number of amides is 1. The van der Waals surface area contributed by atoms with E-state index >= 15 is 0 Å². The summed E-state index contributed by atoms with van der Waals surface area (Å²) in [6.07, 6.45) is 3.57. The third-order valence-corrected chi connectivity index (χ3v) is 4.43. The average molecular weight is 289 g/mol. The molecule has 2 N–H and O–H groups in total. The lowest BCUT2D eigenvalue weighted by Crippen LogP contribution is -2.57. The molecule has 0 heterocycles. The highest BCUT2D eigenvalue weighted by molar-refractivity contribution is 5.99. The van der Waals surface area contributed by atoms with Crippen LogP contribution in [0.2, 0.25) is 0 Å². The van der Waals surface area contributed by atoms with Gasteiger partial charge in [0.2, 0.25) is 0 Å². The molecule has 2 rings (SSSR count). The van der Waals surface area contributed by atoms with Crippen LogP contribution in [-0.4, -0.2) is 43.0 Å². The molecule has 0 saturated heterocycles. The fourth-order valence-corrected chi connectivity index (χ4v) is 2.83. The van der Waals surface area contributed by atoms with Gasteiger partial charge in [-0.1, -0.05) is 12.1 Å². The van der Waals surface area contributed by atoms with Crippen LogP contribution in [0.1, 0.15) is 43.5 Å². The van der Waals surface area contributed by atoms with Gasteiger partial charge in [-0.25, -0.2) is 0 Å². The van der Waals surface area contributed by atoms with Gasteiger partial charge in [0.15, 0.2) is 0 Å². The van der Waals surface area contributed by atoms with Crippen molar-refractivity contribution in [1.29, 1.82) is 0 Å². The van der Waals surface area contributed by atoms with Gasteiger partial charge >= 0.3 is 0 Å². The number of carbonyl (C=O) groups excluding carboxylic acids is 1. The summed E-state index contributed by atoms with van der Waals surface area (Å²) in [5.74, 6) is 0.00637. The molecule has 1 fully saturated rings. The second-order valence-electron chi connectivity index (χ2n) is 6.50. The van der Waals surface area contributed by atoms with E-state index in [1.165, 1.54) is 6.42 Å². The second-order valence-corrected chi connectivity index (χ2v) is 6.50. The second kappa shape index (κ2) is 6.48. The predicted octanol–water partition coefficient (Wildman–Crippen LogP) is 2.72. The van der Waals surface area contributed by atoms with Crippen molar-refractivity contribution in [3.8, 4) is 0 Å². The van der Waals surface area contributed by atoms with Gasteiger partial charge < -0.3 is 15.5 Å². The lowest BCUT2D eigenvalue weighted by molar-refractivity contribution is 0.0558. The minimum absolute atomic E-state index is 0.00637. The standard InChI is InChI=1S/C17H27N3O/c1-13(2)19-15-9-6-5-8-14(15)16(21)18-12-17(20(3)4)10-7-11-17/h5-6,8-9,13,19H,7,10-12H2,1-4H3,(H,18,21). The van der Waals surface area contributed by atoms with Crippen LogP contribution >= 0.6 is 0 Å². The first kappa shape index (κ1) is 15.8. The summed E-state index contributed by atoms with van der Waals surface area (Å²) in [6.45, 7) is 4.86. The van der Waals surface area contributed by atoms with Gasteiger partial charge in [0.1, 0.15) is 0 Å². The Balaban J connectivity index is 2.04. The molecule has 0 radical (unpaired) electrons. The number of para-hydroxylation sites is 1. The van der Waals surface area contributed by atoms with Crippen molar-refractivity contribution in [2.24, 2.45) is 0 Å². The van der Waals surface area contributed by atoms with E-state index in [0.29, 0.717) is 6.04 Å². The highest BCUT2D eigenvalue weighted by Crippen LogP contribution is 2.35. The Bertz CT molecular complexity index is 493. The van der Waals surface area contributed by atoms with Crippen molar-refractivity contribution in [2.45, 2.75) is 44.7 Å². The zero-order chi connectivity index (χ0) is 15.5. The summed E-state index contributed by atoms with van der Waals surface area (Å²) in [5, 5.41) is 6.45. The van der Waals surface area contributed by atoms with E-state index in [4.69, 9.17) is 0 Å². The van der Waals surface area contributed by atoms with Gasteiger partial charge in [-0.05, 0) is 59.3 Å². The molecule has 4 nitrogen and oxygen atoms in total. The number of likely N-dealkylation sites (N-methyl/N-ethyl adjacent to an activating group) is 1. The largest absolute Gasteiger partial charge is 0.382 e. The molecule has 1 aromatic carbocycles. The highest BCUT2D eigenvalue weighted by Gasteiger charge is 2.39. The van der Waals surface area contributed by atoms with Crippen LogP contribution < -0.4 is 10.6 Å². The van der Waals surface area contributed by atoms with Gasteiger partial charge in [-0.15, -0.1) is 0 Å². The van der Waals surface area contributed by atoms with E-state index < -0.39 is 0 Å². The normalized spacial score (nSPS) is 16.7. The van der Waals surface area contributed by atoms with Gasteiger partial charge in [0, 0.05) is 23.8 Å². The Hall–Kier alpha value is -1.55. The first-order valence-electron chi connectivity index (χ1n) is 7.76. The molecule has 0 spiro atoms. The molecule has 0 aliphatic heterocycles. The Morgan fingerprint density at radius 1 is 1.29 bits per heavy atom. The molecule has 21 heavy (non-hydrogen) atoms. The van der Waals surface area contributed by atoms with Crippen molar-refractivity contribution < 1.29 is 4.79 Å². The number of rotatable bonds is 6. The van der Waals surface area contributed by atoms with Crippen LogP contribution in [0.5, 0.6) is 0 Å². The minimum atomic E-state index is 0.00637. The van der Waals surface area contributed by atoms with E-state index in [2.05, 4.69) is 43.5 Å². The van der Waals surface area contributed by atoms with Crippen LogP contribution in [0.25, 0.3) is 0 Å². The topological polar surface area (TPSA) is 44.4 Å². The summed E-state index contributed by atoms with van der Waals surface area (Å²) < 4.78 is 0. The zero-order valence-corrected chi connectivity index (χ0v) is 13.6. The third-order valence-electron chi connectivity index (χ3n) is 4.43. The molecule has 4 heteroatoms. The minimum Gasteiger partial charge on any atom is -0.382 e. The molecule has 0 unspecified atom stereocenters. The predicted molar refractivity (Wildman–Crippen MR) is 87.8 cm³/mol. The number of benzene rings is 1.